The fourth-order valence-corrected chi connectivity index (χ4v) is 2.79. The molecule has 4 heteroatoms. The van der Waals surface area contributed by atoms with Gasteiger partial charge in [0.2, 0.25) is 0 Å². The average molecular weight is 283 g/mol. The van der Waals surface area contributed by atoms with Gasteiger partial charge in [0.1, 0.15) is 5.75 Å². The smallest absolute Gasteiger partial charge is 0.122 e. The molecule has 1 aromatic heterocycles. The third-order valence-electron chi connectivity index (χ3n) is 2.75. The monoisotopic (exact) mass is 282 g/mol. The number of halogens is 1. The number of hydrogen-bond acceptors (Lipinski definition) is 3. The molecule has 0 saturated carbocycles. The van der Waals surface area contributed by atoms with Crippen LogP contribution in [0, 0.1) is 0 Å². The fraction of sp³-hybridized carbons (Fsp3) is 0.286. The normalized spacial score (nSPS) is 12.4. The van der Waals surface area contributed by atoms with Crippen LogP contribution in [0.1, 0.15) is 11.1 Å². The number of thiophene rings is 1. The first kappa shape index (κ1) is 13.4. The van der Waals surface area contributed by atoms with Crippen LogP contribution in [-0.4, -0.2) is 18.3 Å². The van der Waals surface area contributed by atoms with Gasteiger partial charge in [-0.25, -0.2) is 0 Å². The Morgan fingerprint density at radius 1 is 1.33 bits per heavy atom. The van der Waals surface area contributed by atoms with Crippen molar-refractivity contribution in [3.05, 3.63) is 51.2 Å². The largest absolute Gasteiger partial charge is 0.496 e. The topological polar surface area (TPSA) is 29.5 Å². The zero-order valence-electron chi connectivity index (χ0n) is 10.1. The molecule has 2 rings (SSSR count). The molecule has 1 aromatic carbocycles. The van der Waals surface area contributed by atoms with E-state index in [-0.39, 0.29) is 0 Å². The van der Waals surface area contributed by atoms with E-state index in [2.05, 4.69) is 5.38 Å². The summed E-state index contributed by atoms with van der Waals surface area (Å²) in [6.45, 7) is 0. The van der Waals surface area contributed by atoms with E-state index in [0.717, 1.165) is 16.9 Å². The van der Waals surface area contributed by atoms with Crippen LogP contribution >= 0.6 is 22.9 Å². The van der Waals surface area contributed by atoms with Crippen molar-refractivity contribution in [2.75, 3.05) is 7.11 Å². The molecule has 0 fully saturated rings. The molecule has 18 heavy (non-hydrogen) atoms. The minimum absolute atomic E-state index is 0.424. The minimum atomic E-state index is -0.424. The zero-order chi connectivity index (χ0) is 13.0. The highest BCUT2D eigenvalue weighted by atomic mass is 35.5. The molecule has 1 N–H and O–H groups in total. The van der Waals surface area contributed by atoms with Crippen LogP contribution in [0.3, 0.4) is 0 Å². The van der Waals surface area contributed by atoms with E-state index in [4.69, 9.17) is 16.3 Å². The van der Waals surface area contributed by atoms with E-state index >= 15 is 0 Å². The van der Waals surface area contributed by atoms with Crippen molar-refractivity contribution < 1.29 is 9.84 Å². The Labute approximate surface area is 116 Å². The highest BCUT2D eigenvalue weighted by molar-refractivity contribution is 7.07. The number of ether oxygens (including phenoxy) is 1. The summed E-state index contributed by atoms with van der Waals surface area (Å²) >= 11 is 7.61. The number of aliphatic hydroxyl groups excluding tert-OH is 1. The van der Waals surface area contributed by atoms with Crippen LogP contribution in [0.4, 0.5) is 0 Å². The van der Waals surface area contributed by atoms with Gasteiger partial charge in [0.05, 0.1) is 13.2 Å². The van der Waals surface area contributed by atoms with Crippen molar-refractivity contribution in [3.8, 4) is 5.75 Å². The number of hydrogen-bond donors (Lipinski definition) is 1. The third-order valence-corrected chi connectivity index (χ3v) is 3.72. The summed E-state index contributed by atoms with van der Waals surface area (Å²) in [5.41, 5.74) is 2.10. The molecule has 0 radical (unpaired) electrons. The van der Waals surface area contributed by atoms with Gasteiger partial charge in [-0.2, -0.15) is 11.3 Å². The number of rotatable bonds is 5. The summed E-state index contributed by atoms with van der Waals surface area (Å²) < 4.78 is 5.27. The minimum Gasteiger partial charge on any atom is -0.496 e. The Kier molecular flexibility index (Phi) is 4.64. The van der Waals surface area contributed by atoms with Crippen LogP contribution in [0.2, 0.25) is 5.02 Å². The molecule has 2 nitrogen and oxygen atoms in total. The predicted molar refractivity (Wildman–Crippen MR) is 75.7 cm³/mol. The van der Waals surface area contributed by atoms with Crippen LogP contribution in [0.25, 0.3) is 0 Å². The van der Waals surface area contributed by atoms with Gasteiger partial charge in [-0.1, -0.05) is 11.6 Å². The number of benzene rings is 1. The van der Waals surface area contributed by atoms with E-state index in [9.17, 15) is 5.11 Å². The molecule has 0 aliphatic rings. The molecule has 1 heterocycles. The van der Waals surface area contributed by atoms with Gasteiger partial charge >= 0.3 is 0 Å². The van der Waals surface area contributed by atoms with Crippen LogP contribution < -0.4 is 4.74 Å². The molecule has 96 valence electrons. The van der Waals surface area contributed by atoms with Gasteiger partial charge < -0.3 is 9.84 Å². The molecule has 1 unspecified atom stereocenters. The van der Waals surface area contributed by atoms with Gasteiger partial charge in [-0.05, 0) is 52.6 Å². The first-order valence-corrected chi connectivity index (χ1v) is 7.02. The molecular formula is C14H15ClO2S. The van der Waals surface area contributed by atoms with Gasteiger partial charge in [0, 0.05) is 11.4 Å². The van der Waals surface area contributed by atoms with Gasteiger partial charge in [0.25, 0.3) is 0 Å². The molecule has 0 aliphatic heterocycles. The van der Waals surface area contributed by atoms with Crippen LogP contribution in [-0.2, 0) is 12.8 Å². The van der Waals surface area contributed by atoms with Crippen molar-refractivity contribution in [3.63, 3.8) is 0 Å². The zero-order valence-corrected chi connectivity index (χ0v) is 11.7. The van der Waals surface area contributed by atoms with Gasteiger partial charge in [-0.3, -0.25) is 0 Å². The summed E-state index contributed by atoms with van der Waals surface area (Å²) in [7, 11) is 1.62. The molecular weight excluding hydrogens is 268 g/mol. The summed E-state index contributed by atoms with van der Waals surface area (Å²) in [4.78, 5) is 0. The van der Waals surface area contributed by atoms with Crippen molar-refractivity contribution in [2.24, 2.45) is 0 Å². The van der Waals surface area contributed by atoms with E-state index < -0.39 is 6.10 Å². The van der Waals surface area contributed by atoms with Crippen molar-refractivity contribution in [2.45, 2.75) is 18.9 Å². The number of aliphatic hydroxyl groups is 1. The second-order valence-electron chi connectivity index (χ2n) is 4.15. The Bertz CT molecular complexity index is 497. The predicted octanol–water partition coefficient (Wildman–Crippen LogP) is 3.56. The van der Waals surface area contributed by atoms with E-state index in [1.807, 2.05) is 23.6 Å². The first-order chi connectivity index (χ1) is 8.69. The highest BCUT2D eigenvalue weighted by Crippen LogP contribution is 2.24. The lowest BCUT2D eigenvalue weighted by Crippen LogP contribution is -2.14. The summed E-state index contributed by atoms with van der Waals surface area (Å²) in [6, 6.07) is 7.49. The highest BCUT2D eigenvalue weighted by Gasteiger charge is 2.11. The summed E-state index contributed by atoms with van der Waals surface area (Å²) in [5.74, 6) is 0.767. The lowest BCUT2D eigenvalue weighted by Gasteiger charge is -2.13. The van der Waals surface area contributed by atoms with Crippen molar-refractivity contribution >= 4 is 22.9 Å². The summed E-state index contributed by atoms with van der Waals surface area (Å²) in [5, 5.41) is 14.8. The molecule has 0 amide bonds. The lowest BCUT2D eigenvalue weighted by atomic mass is 10.0. The molecule has 0 aliphatic carbocycles. The number of methoxy groups -OCH3 is 1. The Hall–Kier alpha value is -1.03. The first-order valence-electron chi connectivity index (χ1n) is 5.70. The van der Waals surface area contributed by atoms with Gasteiger partial charge in [-0.15, -0.1) is 0 Å². The standard InChI is InChI=1S/C14H15ClO2S/c1-17-14-3-2-12(15)7-11(14)8-13(16)6-10-4-5-18-9-10/h2-5,7,9,13,16H,6,8H2,1H3. The van der Waals surface area contributed by atoms with Crippen LogP contribution in [0.5, 0.6) is 5.75 Å². The van der Waals surface area contributed by atoms with Crippen molar-refractivity contribution in [1.82, 2.24) is 0 Å². The average Bonchev–Trinajstić information content (AvgIpc) is 2.82. The quantitative estimate of drug-likeness (QED) is 0.909. The van der Waals surface area contributed by atoms with Crippen molar-refractivity contribution in [1.29, 1.82) is 0 Å². The molecule has 0 saturated heterocycles. The summed E-state index contributed by atoms with van der Waals surface area (Å²) in [6.07, 6.45) is 0.769. The Balaban J connectivity index is 2.06. The van der Waals surface area contributed by atoms with E-state index in [1.54, 1.807) is 24.5 Å². The molecule has 2 aromatic rings. The molecule has 1 atom stereocenters. The second-order valence-corrected chi connectivity index (χ2v) is 5.37. The second kappa shape index (κ2) is 6.23. The maximum Gasteiger partial charge on any atom is 0.122 e. The maximum atomic E-state index is 10.1. The maximum absolute atomic E-state index is 10.1. The fourth-order valence-electron chi connectivity index (χ4n) is 1.91. The Morgan fingerprint density at radius 2 is 2.17 bits per heavy atom. The third kappa shape index (κ3) is 3.48. The molecule has 0 spiro atoms. The van der Waals surface area contributed by atoms with Gasteiger partial charge in [0.15, 0.2) is 0 Å². The SMILES string of the molecule is COc1ccc(Cl)cc1CC(O)Cc1ccsc1. The Morgan fingerprint density at radius 3 is 2.83 bits per heavy atom. The molecule has 0 bridgehead atoms. The van der Waals surface area contributed by atoms with E-state index in [0.29, 0.717) is 17.9 Å². The van der Waals surface area contributed by atoms with Crippen LogP contribution in [0.15, 0.2) is 35.0 Å². The van der Waals surface area contributed by atoms with E-state index in [1.165, 1.54) is 0 Å². The lowest BCUT2D eigenvalue weighted by molar-refractivity contribution is 0.174.